The molecule has 0 spiro atoms. The number of aromatic nitrogens is 2. The molecule has 112 heavy (non-hydrogen) atoms. The highest BCUT2D eigenvalue weighted by Gasteiger charge is 2.25. The van der Waals surface area contributed by atoms with Gasteiger partial charge in [0.05, 0.1) is 24.4 Å². The molecule has 616 valence electrons. The van der Waals surface area contributed by atoms with E-state index >= 15 is 0 Å². The Morgan fingerprint density at radius 3 is 0.911 bits per heavy atom. The van der Waals surface area contributed by atoms with E-state index in [-0.39, 0.29) is 56.0 Å². The van der Waals surface area contributed by atoms with Gasteiger partial charge in [-0.25, -0.2) is 19.2 Å². The van der Waals surface area contributed by atoms with Crippen molar-refractivity contribution in [2.24, 2.45) is 0 Å². The van der Waals surface area contributed by atoms with Gasteiger partial charge in [-0.15, -0.1) is 0 Å². The maximum atomic E-state index is 14.9. The van der Waals surface area contributed by atoms with Gasteiger partial charge in [0.2, 0.25) is 0 Å². The number of esters is 1. The number of nitrogens with one attached hydrogen (secondary N) is 3. The molecule has 0 aliphatic rings. The maximum Gasteiger partial charge on any atom is 0.356 e. The molecule has 3 N–H and O–H groups in total. The summed E-state index contributed by atoms with van der Waals surface area (Å²) in [5.41, 5.74) is 7.87. The Hall–Kier alpha value is 1.94. The lowest BCUT2D eigenvalue weighted by Gasteiger charge is -2.26. The number of nitriles is 1. The average molecular weight is 2310 g/mol. The molecular weight excluding hydrogens is 2250 g/mol. The summed E-state index contributed by atoms with van der Waals surface area (Å²) in [6.07, 6.45) is 0. The third-order valence-electron chi connectivity index (χ3n) is 12.5. The number of methoxy groups -OCH3 is 1. The minimum absolute atomic E-state index is 0.0180. The van der Waals surface area contributed by atoms with Crippen molar-refractivity contribution in [1.82, 2.24) is 9.97 Å². The molecule has 6 rings (SSSR count). The number of carbonyl (C=O) groups excluding carboxylic acids is 4. The van der Waals surface area contributed by atoms with Crippen LogP contribution in [0, 0.1) is 24.1 Å². The van der Waals surface area contributed by atoms with Crippen LogP contribution in [0.5, 0.6) is 0 Å². The van der Waals surface area contributed by atoms with Crippen LogP contribution in [0.2, 0.25) is 0 Å². The molecule has 6 aromatic rings. The summed E-state index contributed by atoms with van der Waals surface area (Å²) in [4.78, 5) is 59.1. The van der Waals surface area contributed by atoms with Crippen LogP contribution in [-0.4, -0.2) is 40.8 Å². The first-order chi connectivity index (χ1) is 53.4. The zero-order chi connectivity index (χ0) is 82.8. The molecule has 55 heteroatoms. The standard InChI is InChI=1S/C35H35FN4O2.C22H28N2O3.S22.S21/c1-21-26(27-12-9-8-11-22(27)20-37)15-16-28(36)31(21)40-33(42)30-14-10-13-29(39-30)32(41)38-25-18-23(34(2,3)4)17-24(19-25)35(5,6)7;1-21(2,3)14-11-15(22(4,5)6)13-16(12-14)23-19(25)17-9-8-10-18(24-17)20(26)27-7;1-3-5-7-9-11-13-15-17-19-21-22-20-18-16-14-12-10-8-6-4-2;1-3-5-7-9-11-13-15-17-19-21-20-18-16-14-12-10-8-6-4-2/h8-19H,1-7H3,(H,38,41)(H,40,42);8-13H,1-7H3,(H,23,25);;. The summed E-state index contributed by atoms with van der Waals surface area (Å²) < 4.78 is 19.6. The number of hydrogen-bond acceptors (Lipinski definition) is 12. The Labute approximate surface area is 784 Å². The molecule has 3 amide bonds. The predicted octanol–water partition coefficient (Wildman–Crippen LogP) is 12.8. The number of ether oxygens (including phenoxy) is 1. The fourth-order valence-corrected chi connectivity index (χ4v) is 104. The lowest BCUT2D eigenvalue weighted by atomic mass is 9.80. The summed E-state index contributed by atoms with van der Waals surface area (Å²) in [7, 11) is 68.4. The van der Waals surface area contributed by atoms with E-state index in [0.717, 1.165) is 22.3 Å². The number of anilines is 3. The largest absolute Gasteiger partial charge is 0.464 e. The summed E-state index contributed by atoms with van der Waals surface area (Å²) in [6, 6.07) is 33.4. The number of pyridine rings is 2. The second-order valence-electron chi connectivity index (χ2n) is 23.7. The van der Waals surface area contributed by atoms with Crippen LogP contribution in [0.4, 0.5) is 21.5 Å². The van der Waals surface area contributed by atoms with Gasteiger partial charge >= 0.3 is 5.97 Å². The van der Waals surface area contributed by atoms with Gasteiger partial charge < -0.3 is 20.7 Å². The van der Waals surface area contributed by atoms with Crippen molar-refractivity contribution >= 4 is 432 Å². The zero-order valence-corrected chi connectivity index (χ0v) is 94.8. The van der Waals surface area contributed by atoms with Crippen LogP contribution in [0.15, 0.2) is 109 Å². The lowest BCUT2D eigenvalue weighted by molar-refractivity contribution is 0.0593. The van der Waals surface area contributed by atoms with Crippen molar-refractivity contribution in [2.75, 3.05) is 23.1 Å². The van der Waals surface area contributed by atoms with Crippen molar-refractivity contribution < 1.29 is 28.3 Å². The zero-order valence-electron chi connectivity index (χ0n) is 59.7. The average Bonchev–Trinajstić information content (AvgIpc) is 0.807. The number of halogens is 1. The Balaban J connectivity index is 0.000000406. The summed E-state index contributed by atoms with van der Waals surface area (Å²) in [5, 5.41) is 18.0. The highest BCUT2D eigenvalue weighted by Crippen LogP contribution is 2.35. The van der Waals surface area contributed by atoms with Crippen LogP contribution in [0.25, 0.3) is 11.1 Å². The van der Waals surface area contributed by atoms with E-state index in [0.29, 0.717) is 33.6 Å². The molecule has 0 saturated carbocycles. The lowest BCUT2D eigenvalue weighted by Crippen LogP contribution is -2.21. The van der Waals surface area contributed by atoms with Gasteiger partial charge in [-0.05, 0) is 128 Å². The van der Waals surface area contributed by atoms with E-state index in [1.807, 2.05) is 24.3 Å². The normalized spacial score (nSPS) is 10.0. The molecule has 0 radical (unpaired) electrons. The van der Waals surface area contributed by atoms with Crippen LogP contribution < -0.4 is 16.0 Å². The van der Waals surface area contributed by atoms with Crippen LogP contribution in [0.3, 0.4) is 0 Å². The van der Waals surface area contributed by atoms with Gasteiger partial charge in [-0.2, -0.15) is 5.26 Å². The van der Waals surface area contributed by atoms with Crippen molar-refractivity contribution in [1.29, 1.82) is 5.26 Å². The van der Waals surface area contributed by atoms with Crippen LogP contribution in [-0.2, 0) is 417 Å². The first-order valence-corrected chi connectivity index (χ1v) is 84.2. The highest BCUT2D eigenvalue weighted by molar-refractivity contribution is 8.80. The number of amides is 3. The second kappa shape index (κ2) is 62.9. The molecular formula is C57H63FN6O5S43. The molecule has 0 atom stereocenters. The van der Waals surface area contributed by atoms with E-state index in [2.05, 4.69) is 132 Å². The predicted molar refractivity (Wildman–Crippen MR) is 589 cm³/mol. The van der Waals surface area contributed by atoms with Crippen molar-refractivity contribution in [3.8, 4) is 17.2 Å². The molecule has 0 aliphatic carbocycles. The van der Waals surface area contributed by atoms with Gasteiger partial charge in [0.25, 0.3) is 17.7 Å². The molecule has 0 bridgehead atoms. The maximum absolute atomic E-state index is 14.9. The topological polar surface area (TPSA) is 163 Å². The highest BCUT2D eigenvalue weighted by atomic mass is 33.5. The fraction of sp³-hybridized carbons (Fsp3) is 0.316. The Morgan fingerprint density at radius 2 is 0.634 bits per heavy atom. The Morgan fingerprint density at radius 1 is 0.366 bits per heavy atom. The monoisotopic (exact) mass is 2310 g/mol. The summed E-state index contributed by atoms with van der Waals surface area (Å²) >= 11 is 19.0. The van der Waals surface area contributed by atoms with Crippen LogP contribution >= 0.6 is 0 Å². The van der Waals surface area contributed by atoms with Crippen molar-refractivity contribution in [3.05, 3.63) is 171 Å². The molecule has 2 aromatic heterocycles. The van der Waals surface area contributed by atoms with E-state index in [9.17, 15) is 28.8 Å². The third-order valence-corrected chi connectivity index (χ3v) is 94.7. The minimum Gasteiger partial charge on any atom is -0.464 e. The number of hydrogen-bond donors (Lipinski definition) is 3. The Kier molecular flexibility index (Phi) is 60.8. The van der Waals surface area contributed by atoms with Gasteiger partial charge in [0.1, 0.15) is 28.6 Å². The summed E-state index contributed by atoms with van der Waals surface area (Å²) in [5.74, 6) is -2.70. The number of benzene rings is 4. The number of carbonyl (C=O) groups is 4. The van der Waals surface area contributed by atoms with E-state index in [1.165, 1.54) is 66.9 Å². The number of rotatable bonds is 8. The van der Waals surface area contributed by atoms with Crippen molar-refractivity contribution in [3.63, 3.8) is 0 Å². The fourth-order valence-electron chi connectivity index (χ4n) is 7.50. The Bertz CT molecular complexity index is 6300. The second-order valence-corrected chi connectivity index (χ2v) is 92.7. The van der Waals surface area contributed by atoms with E-state index < -0.39 is 23.6 Å². The smallest absolute Gasteiger partial charge is 0.356 e. The van der Waals surface area contributed by atoms with Crippen molar-refractivity contribution in [2.45, 2.75) is 112 Å². The molecule has 2 heterocycles. The van der Waals surface area contributed by atoms with E-state index in [4.69, 9.17) is 44.8 Å². The van der Waals surface area contributed by atoms with Gasteiger partial charge in [0, 0.05) is 402 Å². The molecule has 0 fully saturated rings. The molecule has 0 aliphatic heterocycles. The first-order valence-electron chi connectivity index (χ1n) is 29.5. The van der Waals surface area contributed by atoms with Gasteiger partial charge in [-0.3, -0.25) is 14.4 Å². The minimum atomic E-state index is -0.665. The van der Waals surface area contributed by atoms with Crippen LogP contribution in [0.1, 0.15) is 158 Å². The van der Waals surface area contributed by atoms with E-state index in [1.54, 1.807) is 366 Å². The number of nitrogens with zero attached hydrogens (tertiary/aromatic N) is 3. The SMILES string of the molecule is COC(=O)c1cccc(C(=O)Nc2cc(C(C)(C)C)cc(C(C)(C)C)c2)n1.Cc1c(-c2ccccc2C#N)ccc(F)c1NC(=O)c1cccc(C(=O)Nc2cc(C(C)(C)C)cc(C(C)(C)C)c2)n1.S=S=S=S=S=S=S=S=S=S=S=S=S=S=S=S=S=S=S=S=S.S=S=S=S=S=S=S=S=S=S=S=S=S=S=S=S=S=S=S=S=S=S. The van der Waals surface area contributed by atoms with Gasteiger partial charge in [0.15, 0.2) is 0 Å². The van der Waals surface area contributed by atoms with Gasteiger partial charge in [-0.1, -0.05) is 132 Å². The molecule has 11 nitrogen and oxygen atoms in total. The quantitative estimate of drug-likeness (QED) is 0.124. The molecule has 4 aromatic carbocycles. The molecule has 0 unspecified atom stereocenters. The first kappa shape index (κ1) is 108. The summed E-state index contributed by atoms with van der Waals surface area (Å²) in [6.45, 7) is 27.2. The molecule has 0 saturated heterocycles. The third kappa shape index (κ3) is 47.1.